The van der Waals surface area contributed by atoms with Crippen LogP contribution >= 0.6 is 24.0 Å². The predicted molar refractivity (Wildman–Crippen MR) is 111 cm³/mol. The highest BCUT2D eigenvalue weighted by molar-refractivity contribution is 8.26. The van der Waals surface area contributed by atoms with Gasteiger partial charge in [-0.05, 0) is 29.8 Å². The van der Waals surface area contributed by atoms with Crippen LogP contribution in [0.15, 0.2) is 53.4 Å². The van der Waals surface area contributed by atoms with E-state index < -0.39 is 17.9 Å². The lowest BCUT2D eigenvalue weighted by Gasteiger charge is -2.23. The number of thiocarbonyl (C=S) groups is 1. The van der Waals surface area contributed by atoms with Crippen molar-refractivity contribution in [3.8, 4) is 11.5 Å². The van der Waals surface area contributed by atoms with Crippen LogP contribution in [-0.2, 0) is 9.59 Å². The van der Waals surface area contributed by atoms with Crippen molar-refractivity contribution in [2.45, 2.75) is 6.04 Å². The second-order valence-electron chi connectivity index (χ2n) is 5.81. The van der Waals surface area contributed by atoms with Crippen molar-refractivity contribution in [2.75, 3.05) is 14.2 Å². The summed E-state index contributed by atoms with van der Waals surface area (Å²) in [4.78, 5) is 26.4. The van der Waals surface area contributed by atoms with Gasteiger partial charge in [0.05, 0.1) is 19.1 Å². The second kappa shape index (κ2) is 8.45. The molecular formula is C20H17NO5S2. The molecular weight excluding hydrogens is 398 g/mol. The molecule has 1 N–H and O–H groups in total. The maximum absolute atomic E-state index is 13.0. The lowest BCUT2D eigenvalue weighted by Crippen LogP contribution is -2.37. The van der Waals surface area contributed by atoms with Gasteiger partial charge < -0.3 is 14.6 Å². The molecule has 1 aliphatic heterocycles. The van der Waals surface area contributed by atoms with E-state index in [2.05, 4.69) is 0 Å². The van der Waals surface area contributed by atoms with Gasteiger partial charge in [-0.2, -0.15) is 0 Å². The molecule has 1 saturated heterocycles. The summed E-state index contributed by atoms with van der Waals surface area (Å²) in [7, 11) is 3.07. The third-order valence-electron chi connectivity index (χ3n) is 4.15. The molecule has 0 radical (unpaired) electrons. The number of carboxylic acids is 1. The molecule has 1 heterocycles. The van der Waals surface area contributed by atoms with E-state index in [4.69, 9.17) is 21.7 Å². The number of benzene rings is 2. The molecule has 28 heavy (non-hydrogen) atoms. The average molecular weight is 415 g/mol. The molecule has 0 aliphatic carbocycles. The number of carbonyl (C=O) groups is 2. The highest BCUT2D eigenvalue weighted by Gasteiger charge is 2.41. The van der Waals surface area contributed by atoms with Crippen LogP contribution in [0.2, 0.25) is 0 Å². The van der Waals surface area contributed by atoms with E-state index in [0.29, 0.717) is 27.5 Å². The lowest BCUT2D eigenvalue weighted by atomic mass is 10.1. The van der Waals surface area contributed by atoms with Crippen molar-refractivity contribution in [2.24, 2.45) is 0 Å². The first kappa shape index (κ1) is 19.9. The molecule has 8 heteroatoms. The van der Waals surface area contributed by atoms with E-state index in [-0.39, 0.29) is 4.32 Å². The Hall–Kier alpha value is -2.84. The first-order valence-electron chi connectivity index (χ1n) is 8.23. The summed E-state index contributed by atoms with van der Waals surface area (Å²) < 4.78 is 10.8. The summed E-state index contributed by atoms with van der Waals surface area (Å²) in [6, 6.07) is 12.6. The van der Waals surface area contributed by atoms with E-state index in [1.54, 1.807) is 61.7 Å². The lowest BCUT2D eigenvalue weighted by molar-refractivity contribution is -0.145. The van der Waals surface area contributed by atoms with Crippen LogP contribution < -0.4 is 9.47 Å². The Balaban J connectivity index is 2.00. The number of amides is 1. The molecule has 0 bridgehead atoms. The molecule has 6 nitrogen and oxygen atoms in total. The summed E-state index contributed by atoms with van der Waals surface area (Å²) in [6.07, 6.45) is 1.63. The van der Waals surface area contributed by atoms with Gasteiger partial charge in [0.25, 0.3) is 5.91 Å². The average Bonchev–Trinajstić information content (AvgIpc) is 2.96. The summed E-state index contributed by atoms with van der Waals surface area (Å²) in [6.45, 7) is 0. The van der Waals surface area contributed by atoms with Crippen LogP contribution in [0.5, 0.6) is 11.5 Å². The van der Waals surface area contributed by atoms with Crippen LogP contribution in [0, 0.1) is 0 Å². The number of thioether (sulfide) groups is 1. The van der Waals surface area contributed by atoms with Gasteiger partial charge in [0, 0.05) is 5.56 Å². The number of hydrogen-bond donors (Lipinski definition) is 1. The smallest absolute Gasteiger partial charge is 0.331 e. The molecule has 1 aliphatic rings. The maximum Gasteiger partial charge on any atom is 0.331 e. The SMILES string of the molecule is COc1ccc(OC)c(/C=C2/SC(=S)N([C@H](C(=O)O)c3ccccc3)C2=O)c1. The van der Waals surface area contributed by atoms with Gasteiger partial charge in [0.1, 0.15) is 15.8 Å². The quantitative estimate of drug-likeness (QED) is 0.569. The van der Waals surface area contributed by atoms with Crippen molar-refractivity contribution in [1.29, 1.82) is 0 Å². The Morgan fingerprint density at radius 1 is 1.18 bits per heavy atom. The Bertz CT molecular complexity index is 958. The number of ether oxygens (including phenoxy) is 2. The van der Waals surface area contributed by atoms with Gasteiger partial charge in [-0.3, -0.25) is 9.69 Å². The first-order valence-corrected chi connectivity index (χ1v) is 9.45. The fraction of sp³-hybridized carbons (Fsp3) is 0.150. The number of rotatable bonds is 6. The number of hydrogen-bond acceptors (Lipinski definition) is 6. The topological polar surface area (TPSA) is 76.1 Å². The molecule has 1 amide bonds. The van der Waals surface area contributed by atoms with Crippen LogP contribution in [0.4, 0.5) is 0 Å². The van der Waals surface area contributed by atoms with Crippen molar-refractivity contribution >= 4 is 46.3 Å². The third kappa shape index (κ3) is 3.88. The van der Waals surface area contributed by atoms with Gasteiger partial charge in [-0.15, -0.1) is 0 Å². The minimum absolute atomic E-state index is 0.189. The van der Waals surface area contributed by atoms with Crippen LogP contribution in [0.1, 0.15) is 17.2 Å². The number of carboxylic acid groups (broad SMARTS) is 1. The Morgan fingerprint density at radius 3 is 2.50 bits per heavy atom. The van der Waals surface area contributed by atoms with E-state index in [1.807, 2.05) is 0 Å². The fourth-order valence-corrected chi connectivity index (χ4v) is 4.14. The Labute approximate surface area is 171 Å². The van der Waals surface area contributed by atoms with Crippen molar-refractivity contribution in [3.05, 3.63) is 64.6 Å². The molecule has 144 valence electrons. The molecule has 2 aromatic carbocycles. The monoisotopic (exact) mass is 415 g/mol. The third-order valence-corrected chi connectivity index (χ3v) is 5.48. The molecule has 0 aromatic heterocycles. The zero-order valence-electron chi connectivity index (χ0n) is 15.1. The van der Waals surface area contributed by atoms with Crippen LogP contribution in [0.3, 0.4) is 0 Å². The molecule has 0 spiro atoms. The van der Waals surface area contributed by atoms with Crippen molar-refractivity contribution in [3.63, 3.8) is 0 Å². The largest absolute Gasteiger partial charge is 0.497 e. The summed E-state index contributed by atoms with van der Waals surface area (Å²) in [5.41, 5.74) is 1.11. The van der Waals surface area contributed by atoms with E-state index in [9.17, 15) is 14.7 Å². The molecule has 0 unspecified atom stereocenters. The molecule has 3 rings (SSSR count). The van der Waals surface area contributed by atoms with Gasteiger partial charge >= 0.3 is 5.97 Å². The molecule has 1 fully saturated rings. The zero-order chi connectivity index (χ0) is 20.3. The fourth-order valence-electron chi connectivity index (χ4n) is 2.83. The number of carbonyl (C=O) groups excluding carboxylic acids is 1. The Morgan fingerprint density at radius 2 is 1.89 bits per heavy atom. The van der Waals surface area contributed by atoms with E-state index >= 15 is 0 Å². The minimum atomic E-state index is -1.19. The number of methoxy groups -OCH3 is 2. The van der Waals surface area contributed by atoms with Gasteiger partial charge in [0.15, 0.2) is 6.04 Å². The molecule has 1 atom stereocenters. The van der Waals surface area contributed by atoms with Crippen LogP contribution in [0.25, 0.3) is 6.08 Å². The predicted octanol–water partition coefficient (Wildman–Crippen LogP) is 3.73. The van der Waals surface area contributed by atoms with Crippen molar-refractivity contribution < 1.29 is 24.2 Å². The van der Waals surface area contributed by atoms with E-state index in [1.165, 1.54) is 7.11 Å². The maximum atomic E-state index is 13.0. The normalized spacial score (nSPS) is 16.4. The highest BCUT2D eigenvalue weighted by atomic mass is 32.2. The second-order valence-corrected chi connectivity index (χ2v) is 7.49. The van der Waals surface area contributed by atoms with E-state index in [0.717, 1.165) is 16.7 Å². The van der Waals surface area contributed by atoms with Crippen LogP contribution in [-0.4, -0.2) is 40.4 Å². The highest BCUT2D eigenvalue weighted by Crippen LogP contribution is 2.39. The van der Waals surface area contributed by atoms with Gasteiger partial charge in [-0.1, -0.05) is 54.3 Å². The number of aliphatic carboxylic acids is 1. The Kier molecular flexibility index (Phi) is 6.01. The zero-order valence-corrected chi connectivity index (χ0v) is 16.8. The van der Waals surface area contributed by atoms with Crippen molar-refractivity contribution in [1.82, 2.24) is 4.90 Å². The summed E-state index contributed by atoms with van der Waals surface area (Å²) in [5, 5.41) is 9.73. The molecule has 2 aromatic rings. The molecule has 0 saturated carbocycles. The van der Waals surface area contributed by atoms with Gasteiger partial charge in [-0.25, -0.2) is 4.79 Å². The number of nitrogens with zero attached hydrogens (tertiary/aromatic N) is 1. The minimum Gasteiger partial charge on any atom is -0.497 e. The van der Waals surface area contributed by atoms with Gasteiger partial charge in [0.2, 0.25) is 0 Å². The first-order chi connectivity index (χ1) is 13.5. The summed E-state index contributed by atoms with van der Waals surface area (Å²) >= 11 is 6.38. The standard InChI is InChI=1S/C20H17NO5S2/c1-25-14-8-9-15(26-2)13(10-14)11-16-18(22)21(20(27)28-16)17(19(23)24)12-6-4-3-5-7-12/h3-11,17H,1-2H3,(H,23,24)/b16-11+/t17-/m0/s1. The summed E-state index contributed by atoms with van der Waals surface area (Å²) in [5.74, 6) is -0.446.